The first-order chi connectivity index (χ1) is 5.56. The van der Waals surface area contributed by atoms with E-state index in [1.807, 2.05) is 12.1 Å². The number of halogens is 1. The van der Waals surface area contributed by atoms with Crippen LogP contribution in [0.5, 0.6) is 0 Å². The molecule has 0 radical (unpaired) electrons. The van der Waals surface area contributed by atoms with Gasteiger partial charge in [-0.1, -0.05) is 0 Å². The fraction of sp³-hybridized carbons (Fsp3) is 0.250. The molecule has 0 aromatic heterocycles. The molecule has 2 nitrogen and oxygen atoms in total. The van der Waals surface area contributed by atoms with Crippen LogP contribution in [-0.2, 0) is 3.74 Å². The maximum atomic E-state index is 11.5. The molecule has 1 unspecified atom stereocenters. The normalized spacial score (nSPS) is 15.6. The molecule has 0 saturated heterocycles. The summed E-state index contributed by atoms with van der Waals surface area (Å²) in [6, 6.07) is 7.20. The van der Waals surface area contributed by atoms with Crippen molar-refractivity contribution >= 4 is 40.8 Å². The second-order valence-electron chi connectivity index (χ2n) is 2.49. The van der Waals surface area contributed by atoms with Crippen LogP contribution >= 0.6 is 22.6 Å². The van der Waals surface area contributed by atoms with Crippen LogP contribution in [0, 0.1) is 3.57 Å². The predicted octanol–water partition coefficient (Wildman–Crippen LogP) is 1.38. The van der Waals surface area contributed by atoms with Gasteiger partial charge in [-0.25, -0.2) is 0 Å². The molecular formula is C8H10AsIO2. The number of hydrogen-bond acceptors (Lipinski definition) is 1. The van der Waals surface area contributed by atoms with Gasteiger partial charge in [0.25, 0.3) is 0 Å². The fourth-order valence-corrected chi connectivity index (χ4v) is 3.27. The van der Waals surface area contributed by atoms with E-state index in [9.17, 15) is 7.84 Å². The third kappa shape index (κ3) is 2.38. The molecule has 0 aliphatic carbocycles. The van der Waals surface area contributed by atoms with Gasteiger partial charge >= 0.3 is 88.6 Å². The van der Waals surface area contributed by atoms with E-state index >= 15 is 0 Å². The summed E-state index contributed by atoms with van der Waals surface area (Å²) in [5.41, 5.74) is 0. The van der Waals surface area contributed by atoms with E-state index in [0.717, 1.165) is 3.57 Å². The van der Waals surface area contributed by atoms with Gasteiger partial charge in [-0.2, -0.15) is 0 Å². The molecule has 0 saturated carbocycles. The van der Waals surface area contributed by atoms with Crippen LogP contribution in [0.2, 0.25) is 5.21 Å². The Morgan fingerprint density at radius 2 is 1.92 bits per heavy atom. The number of hydrogen-bond donors (Lipinski definition) is 1. The molecule has 0 spiro atoms. The zero-order valence-corrected chi connectivity index (χ0v) is 10.7. The summed E-state index contributed by atoms with van der Waals surface area (Å²) in [7, 11) is 0. The van der Waals surface area contributed by atoms with E-state index in [1.165, 1.54) is 0 Å². The Kier molecular flexibility index (Phi) is 3.44. The molecule has 0 aliphatic rings. The molecule has 12 heavy (non-hydrogen) atoms. The third-order valence-corrected chi connectivity index (χ3v) is 6.49. The van der Waals surface area contributed by atoms with E-state index in [0.29, 0.717) is 9.56 Å². The van der Waals surface area contributed by atoms with Crippen molar-refractivity contribution in [2.24, 2.45) is 0 Å². The standard InChI is InChI=1S/C8H10AsIO2/c1-2-9(11,12)7-3-5-8(10)6-4-7/h3-6H,2H2,1H3,(H,11,12). The molecule has 1 aromatic carbocycles. The molecule has 0 amide bonds. The predicted molar refractivity (Wildman–Crippen MR) is 57.9 cm³/mol. The molecular weight excluding hydrogens is 330 g/mol. The van der Waals surface area contributed by atoms with E-state index < -0.39 is 13.8 Å². The quantitative estimate of drug-likeness (QED) is 0.653. The van der Waals surface area contributed by atoms with E-state index in [-0.39, 0.29) is 0 Å². The van der Waals surface area contributed by atoms with Gasteiger partial charge in [0.1, 0.15) is 0 Å². The Morgan fingerprint density at radius 1 is 1.42 bits per heavy atom. The van der Waals surface area contributed by atoms with Gasteiger partial charge in [0.15, 0.2) is 0 Å². The van der Waals surface area contributed by atoms with Crippen LogP contribution in [0.1, 0.15) is 6.92 Å². The second kappa shape index (κ2) is 3.98. The first-order valence-corrected chi connectivity index (χ1v) is 8.59. The summed E-state index contributed by atoms with van der Waals surface area (Å²) >= 11 is -1.49. The minimum absolute atomic E-state index is 0.360. The van der Waals surface area contributed by atoms with Gasteiger partial charge in [-0.05, 0) is 0 Å². The van der Waals surface area contributed by atoms with Crippen molar-refractivity contribution in [1.82, 2.24) is 0 Å². The molecule has 66 valence electrons. The van der Waals surface area contributed by atoms with Crippen LogP contribution in [0.4, 0.5) is 0 Å². The first kappa shape index (κ1) is 10.3. The topological polar surface area (TPSA) is 37.3 Å². The van der Waals surface area contributed by atoms with Crippen molar-refractivity contribution in [3.05, 3.63) is 27.8 Å². The molecule has 0 heterocycles. The van der Waals surface area contributed by atoms with Gasteiger partial charge in [-0.15, -0.1) is 0 Å². The summed E-state index contributed by atoms with van der Waals surface area (Å²) in [6.45, 7) is 1.75. The summed E-state index contributed by atoms with van der Waals surface area (Å²) in [6.07, 6.45) is 0. The Hall–Kier alpha value is 0.268. The van der Waals surface area contributed by atoms with Crippen LogP contribution in [0.15, 0.2) is 24.3 Å². The van der Waals surface area contributed by atoms with Crippen molar-refractivity contribution in [1.29, 1.82) is 0 Å². The molecule has 0 aliphatic heterocycles. The van der Waals surface area contributed by atoms with Gasteiger partial charge in [0, 0.05) is 0 Å². The van der Waals surface area contributed by atoms with Gasteiger partial charge < -0.3 is 0 Å². The summed E-state index contributed by atoms with van der Waals surface area (Å²) < 4.78 is 22.7. The van der Waals surface area contributed by atoms with Crippen LogP contribution in [0.25, 0.3) is 0 Å². The maximum absolute atomic E-state index is 11.5. The summed E-state index contributed by atoms with van der Waals surface area (Å²) in [5.74, 6) is 0. The zero-order chi connectivity index (χ0) is 9.19. The van der Waals surface area contributed by atoms with Crippen molar-refractivity contribution in [2.75, 3.05) is 0 Å². The third-order valence-electron chi connectivity index (χ3n) is 1.66. The van der Waals surface area contributed by atoms with Gasteiger partial charge in [-0.3, -0.25) is 0 Å². The average Bonchev–Trinajstić information content (AvgIpc) is 2.05. The van der Waals surface area contributed by atoms with Crippen LogP contribution in [-0.4, -0.2) is 17.9 Å². The Labute approximate surface area is 88.2 Å². The summed E-state index contributed by atoms with van der Waals surface area (Å²) in [5, 5.41) is 0.360. The fourth-order valence-electron chi connectivity index (χ4n) is 0.857. The average molecular weight is 340 g/mol. The molecule has 0 bridgehead atoms. The molecule has 1 rings (SSSR count). The van der Waals surface area contributed by atoms with E-state index in [4.69, 9.17) is 0 Å². The minimum atomic E-state index is -3.66. The van der Waals surface area contributed by atoms with E-state index in [1.54, 1.807) is 19.1 Å². The SMILES string of the molecule is CC[As](=O)(O)c1ccc(I)cc1. The van der Waals surface area contributed by atoms with Gasteiger partial charge in [0.05, 0.1) is 0 Å². The van der Waals surface area contributed by atoms with Crippen molar-refractivity contribution in [3.63, 3.8) is 0 Å². The van der Waals surface area contributed by atoms with Crippen LogP contribution < -0.4 is 4.35 Å². The van der Waals surface area contributed by atoms with Crippen molar-refractivity contribution in [3.8, 4) is 0 Å². The second-order valence-corrected chi connectivity index (χ2v) is 9.09. The Balaban J connectivity index is 3.05. The van der Waals surface area contributed by atoms with E-state index in [2.05, 4.69) is 22.6 Å². The number of rotatable bonds is 2. The Bertz CT molecular complexity index is 307. The monoisotopic (exact) mass is 340 g/mol. The molecule has 4 heteroatoms. The Morgan fingerprint density at radius 3 is 2.33 bits per heavy atom. The van der Waals surface area contributed by atoms with Crippen molar-refractivity contribution < 1.29 is 7.84 Å². The van der Waals surface area contributed by atoms with Crippen molar-refractivity contribution in [2.45, 2.75) is 12.1 Å². The zero-order valence-electron chi connectivity index (χ0n) is 6.70. The first-order valence-electron chi connectivity index (χ1n) is 3.64. The molecule has 1 N–H and O–H groups in total. The number of benzene rings is 1. The van der Waals surface area contributed by atoms with Crippen LogP contribution in [0.3, 0.4) is 0 Å². The van der Waals surface area contributed by atoms with Gasteiger partial charge in [0.2, 0.25) is 0 Å². The molecule has 1 aromatic rings. The molecule has 1 atom stereocenters. The molecule has 0 fully saturated rings. The summed E-state index contributed by atoms with van der Waals surface area (Å²) in [4.78, 5) is 0.